The average molecular weight is 624 g/mol. The number of rotatable bonds is 10. The number of methoxy groups -OCH3 is 1. The lowest BCUT2D eigenvalue weighted by molar-refractivity contribution is -0.121. The predicted molar refractivity (Wildman–Crippen MR) is 164 cm³/mol. The van der Waals surface area contributed by atoms with Gasteiger partial charge in [0.05, 0.1) is 25.6 Å². The molecule has 1 saturated heterocycles. The summed E-state index contributed by atoms with van der Waals surface area (Å²) in [6.07, 6.45) is -1.68. The van der Waals surface area contributed by atoms with E-state index in [0.29, 0.717) is 16.9 Å². The Morgan fingerprint density at radius 1 is 0.933 bits per heavy atom. The Hall–Kier alpha value is -4.51. The van der Waals surface area contributed by atoms with Gasteiger partial charge in [-0.25, -0.2) is 18.4 Å². The number of hydrogen-bond donors (Lipinski definition) is 1. The van der Waals surface area contributed by atoms with Crippen LogP contribution in [0.3, 0.4) is 0 Å². The van der Waals surface area contributed by atoms with E-state index in [2.05, 4.69) is 0 Å². The number of benzene rings is 3. The third-order valence-electron chi connectivity index (χ3n) is 7.54. The van der Waals surface area contributed by atoms with Crippen molar-refractivity contribution in [1.29, 1.82) is 0 Å². The van der Waals surface area contributed by atoms with E-state index in [0.717, 1.165) is 5.56 Å². The van der Waals surface area contributed by atoms with E-state index in [1.54, 1.807) is 33.9 Å². The van der Waals surface area contributed by atoms with Gasteiger partial charge in [0.15, 0.2) is 5.78 Å². The van der Waals surface area contributed by atoms with Crippen molar-refractivity contribution in [3.05, 3.63) is 101 Å². The number of carboxylic acid groups (broad SMARTS) is 1. The summed E-state index contributed by atoms with van der Waals surface area (Å²) >= 11 is 0. The lowest BCUT2D eigenvalue weighted by atomic mass is 9.87. The Kier molecular flexibility index (Phi) is 10.8. The molecule has 9 nitrogen and oxygen atoms in total. The molecule has 240 valence electrons. The highest BCUT2D eigenvalue weighted by molar-refractivity contribution is 5.90. The van der Waals surface area contributed by atoms with Crippen LogP contribution < -0.4 is 4.74 Å². The lowest BCUT2D eigenvalue weighted by Gasteiger charge is -2.42. The topological polar surface area (TPSA) is 99.6 Å². The van der Waals surface area contributed by atoms with E-state index in [9.17, 15) is 28.3 Å². The standard InChI is InChI=1S/C34H39F2N3O6/c1-34(2,3)45-33(43)39-18-17-38(32(41)42)21-28(39)20-37(19-25-7-5-6-8-30(25)44-4)22-29(40)31(23-9-13-26(35)14-10-23)24-11-15-27(36)16-12-24/h5-16,28,31H,17-22H2,1-4H3,(H,41,42)/t28-/m1/s1. The molecule has 4 rings (SSSR count). The molecule has 1 aliphatic rings. The Labute approximate surface area is 261 Å². The molecule has 1 fully saturated rings. The van der Waals surface area contributed by atoms with Gasteiger partial charge in [-0.3, -0.25) is 9.69 Å². The van der Waals surface area contributed by atoms with Gasteiger partial charge in [0.1, 0.15) is 23.0 Å². The number of piperazine rings is 1. The summed E-state index contributed by atoms with van der Waals surface area (Å²) in [7, 11) is 1.55. The molecule has 0 aromatic heterocycles. The number of carbonyl (C=O) groups is 3. The lowest BCUT2D eigenvalue weighted by Crippen LogP contribution is -2.60. The summed E-state index contributed by atoms with van der Waals surface area (Å²) in [4.78, 5) is 44.0. The quantitative estimate of drug-likeness (QED) is 0.306. The first-order valence-electron chi connectivity index (χ1n) is 14.7. The van der Waals surface area contributed by atoms with Crippen molar-refractivity contribution < 1.29 is 37.7 Å². The Morgan fingerprint density at radius 3 is 2.04 bits per heavy atom. The first kappa shape index (κ1) is 33.4. The molecular weight excluding hydrogens is 584 g/mol. The number of halogens is 2. The SMILES string of the molecule is COc1ccccc1CN(CC(=O)C(c1ccc(F)cc1)c1ccc(F)cc1)C[C@@H]1CN(C(=O)O)CCN1C(=O)OC(C)(C)C. The molecular formula is C34H39F2N3O6. The molecule has 1 N–H and O–H groups in total. The zero-order valence-corrected chi connectivity index (χ0v) is 25.9. The molecule has 1 atom stereocenters. The van der Waals surface area contributed by atoms with Crippen molar-refractivity contribution in [3.63, 3.8) is 0 Å². The number of hydrogen-bond acceptors (Lipinski definition) is 6. The van der Waals surface area contributed by atoms with Gasteiger partial charge < -0.3 is 24.4 Å². The van der Waals surface area contributed by atoms with Crippen molar-refractivity contribution in [1.82, 2.24) is 14.7 Å². The molecule has 2 amide bonds. The van der Waals surface area contributed by atoms with Gasteiger partial charge in [0.2, 0.25) is 0 Å². The summed E-state index contributed by atoms with van der Waals surface area (Å²) in [5.74, 6) is -1.40. The predicted octanol–water partition coefficient (Wildman–Crippen LogP) is 5.78. The van der Waals surface area contributed by atoms with Crippen molar-refractivity contribution in [2.45, 2.75) is 44.9 Å². The van der Waals surface area contributed by atoms with Crippen LogP contribution in [0.2, 0.25) is 0 Å². The molecule has 11 heteroatoms. The highest BCUT2D eigenvalue weighted by Crippen LogP contribution is 2.28. The average Bonchev–Trinajstić information content (AvgIpc) is 2.98. The minimum atomic E-state index is -1.11. The second-order valence-electron chi connectivity index (χ2n) is 12.0. The Balaban J connectivity index is 1.70. The Bertz CT molecular complexity index is 1430. The highest BCUT2D eigenvalue weighted by atomic mass is 19.1. The van der Waals surface area contributed by atoms with Crippen molar-refractivity contribution in [2.75, 3.05) is 39.8 Å². The van der Waals surface area contributed by atoms with Crippen LogP contribution in [-0.2, 0) is 16.1 Å². The molecule has 0 aliphatic carbocycles. The molecule has 0 unspecified atom stereocenters. The molecule has 3 aromatic carbocycles. The fraction of sp³-hybridized carbons (Fsp3) is 0.382. The normalized spacial score (nSPS) is 15.3. The number of para-hydroxylation sites is 1. The minimum Gasteiger partial charge on any atom is -0.496 e. The van der Waals surface area contributed by atoms with Crippen LogP contribution in [0.5, 0.6) is 5.75 Å². The maximum atomic E-state index is 14.2. The Morgan fingerprint density at radius 2 is 1.51 bits per heavy atom. The van der Waals surface area contributed by atoms with E-state index in [4.69, 9.17) is 9.47 Å². The molecule has 1 heterocycles. The molecule has 0 spiro atoms. The van der Waals surface area contributed by atoms with Crippen molar-refractivity contribution in [2.24, 2.45) is 0 Å². The maximum absolute atomic E-state index is 14.2. The zero-order valence-electron chi connectivity index (χ0n) is 25.9. The summed E-state index contributed by atoms with van der Waals surface area (Å²) < 4.78 is 38.9. The summed E-state index contributed by atoms with van der Waals surface area (Å²) in [5, 5.41) is 9.77. The van der Waals surface area contributed by atoms with Gasteiger partial charge in [0.25, 0.3) is 0 Å². The summed E-state index contributed by atoms with van der Waals surface area (Å²) in [6, 6.07) is 17.9. The summed E-state index contributed by atoms with van der Waals surface area (Å²) in [5.41, 5.74) is 1.09. The molecule has 0 radical (unpaired) electrons. The monoisotopic (exact) mass is 623 g/mol. The van der Waals surface area contributed by atoms with Crippen molar-refractivity contribution >= 4 is 18.0 Å². The third-order valence-corrected chi connectivity index (χ3v) is 7.54. The first-order valence-corrected chi connectivity index (χ1v) is 14.7. The summed E-state index contributed by atoms with van der Waals surface area (Å²) in [6.45, 7) is 5.77. The fourth-order valence-electron chi connectivity index (χ4n) is 5.49. The molecule has 3 aromatic rings. The molecule has 0 bridgehead atoms. The molecule has 1 aliphatic heterocycles. The van der Waals surface area contributed by atoms with Crippen LogP contribution in [-0.4, -0.2) is 89.3 Å². The van der Waals surface area contributed by atoms with Gasteiger partial charge in [-0.05, 0) is 62.2 Å². The van der Waals surface area contributed by atoms with Crippen LogP contribution >= 0.6 is 0 Å². The highest BCUT2D eigenvalue weighted by Gasteiger charge is 2.37. The van der Waals surface area contributed by atoms with Crippen molar-refractivity contribution in [3.8, 4) is 5.75 Å². The second kappa shape index (κ2) is 14.5. The fourth-order valence-corrected chi connectivity index (χ4v) is 5.49. The number of ether oxygens (including phenoxy) is 2. The number of amides is 2. The second-order valence-corrected chi connectivity index (χ2v) is 12.0. The van der Waals surface area contributed by atoms with E-state index < -0.39 is 41.4 Å². The number of Topliss-reactive ketones (excluding diaryl/α,β-unsaturated/α-hetero) is 1. The van der Waals surface area contributed by atoms with Crippen LogP contribution in [0.1, 0.15) is 43.4 Å². The molecule has 0 saturated carbocycles. The van der Waals surface area contributed by atoms with Gasteiger partial charge in [-0.1, -0.05) is 42.5 Å². The minimum absolute atomic E-state index is 0.0184. The number of carbonyl (C=O) groups excluding carboxylic acids is 2. The van der Waals surface area contributed by atoms with Gasteiger partial charge in [-0.15, -0.1) is 0 Å². The van der Waals surface area contributed by atoms with E-state index >= 15 is 0 Å². The number of nitrogens with zero attached hydrogens (tertiary/aromatic N) is 3. The maximum Gasteiger partial charge on any atom is 0.410 e. The number of ketones is 1. The van der Waals surface area contributed by atoms with Gasteiger partial charge in [-0.2, -0.15) is 0 Å². The van der Waals surface area contributed by atoms with Gasteiger partial charge >= 0.3 is 12.2 Å². The van der Waals surface area contributed by atoms with Crippen LogP contribution in [0.25, 0.3) is 0 Å². The van der Waals surface area contributed by atoms with E-state index in [1.165, 1.54) is 58.3 Å². The smallest absolute Gasteiger partial charge is 0.410 e. The van der Waals surface area contributed by atoms with Crippen LogP contribution in [0.15, 0.2) is 72.8 Å². The molecule has 45 heavy (non-hydrogen) atoms. The first-order chi connectivity index (χ1) is 21.3. The van der Waals surface area contributed by atoms with Crippen LogP contribution in [0.4, 0.5) is 18.4 Å². The van der Waals surface area contributed by atoms with E-state index in [1.807, 2.05) is 23.1 Å². The van der Waals surface area contributed by atoms with Gasteiger partial charge in [0, 0.05) is 38.3 Å². The third kappa shape index (κ3) is 9.01. The zero-order chi connectivity index (χ0) is 32.7. The van der Waals surface area contributed by atoms with Crippen LogP contribution in [0, 0.1) is 11.6 Å². The largest absolute Gasteiger partial charge is 0.496 e. The van der Waals surface area contributed by atoms with E-state index in [-0.39, 0.29) is 45.1 Å².